The van der Waals surface area contributed by atoms with Crippen molar-refractivity contribution < 1.29 is 9.59 Å². The Morgan fingerprint density at radius 3 is 2.46 bits per heavy atom. The van der Waals surface area contributed by atoms with E-state index in [1.165, 1.54) is 36.2 Å². The average Bonchev–Trinajstić information content (AvgIpc) is 3.21. The summed E-state index contributed by atoms with van der Waals surface area (Å²) in [6.45, 7) is 3.70. The fraction of sp³-hybridized carbons (Fsp3) is 0.400. The lowest BCUT2D eigenvalue weighted by Crippen LogP contribution is -2.36. The quantitative estimate of drug-likeness (QED) is 0.787. The van der Waals surface area contributed by atoms with E-state index in [4.69, 9.17) is 0 Å². The molecule has 26 heavy (non-hydrogen) atoms. The predicted octanol–water partition coefficient (Wildman–Crippen LogP) is 2.78. The molecule has 1 aliphatic rings. The van der Waals surface area contributed by atoms with Gasteiger partial charge >= 0.3 is 0 Å². The first kappa shape index (κ1) is 18.6. The monoisotopic (exact) mass is 371 g/mol. The molecule has 1 aliphatic heterocycles. The number of hydrogen-bond acceptors (Lipinski definition) is 4. The number of nitrogens with zero attached hydrogens (tertiary/aromatic N) is 1. The first-order chi connectivity index (χ1) is 12.7. The Bertz CT molecular complexity index is 724. The number of rotatable bonds is 7. The van der Waals surface area contributed by atoms with Gasteiger partial charge in [-0.25, -0.2) is 0 Å². The van der Waals surface area contributed by atoms with Crippen molar-refractivity contribution in [3.8, 4) is 0 Å². The highest BCUT2D eigenvalue weighted by Crippen LogP contribution is 2.16. The largest absolute Gasteiger partial charge is 0.350 e. The molecule has 0 unspecified atom stereocenters. The first-order valence-electron chi connectivity index (χ1n) is 9.10. The number of benzene rings is 1. The van der Waals surface area contributed by atoms with Crippen LogP contribution in [0.25, 0.3) is 0 Å². The number of amides is 2. The standard InChI is InChI=1S/C20H25N3O2S/c24-19(14-22-20(25)18-9-6-12-26-18)21-13-16-7-2-3-8-17(16)15-23-10-4-1-5-11-23/h2-3,6-9,12H,1,4-5,10-11,13-15H2,(H,21,24)(H,22,25). The molecule has 0 radical (unpaired) electrons. The van der Waals surface area contributed by atoms with Crippen LogP contribution in [0.5, 0.6) is 0 Å². The molecule has 0 bridgehead atoms. The maximum atomic E-state index is 12.1. The van der Waals surface area contributed by atoms with Gasteiger partial charge in [-0.3, -0.25) is 14.5 Å². The summed E-state index contributed by atoms with van der Waals surface area (Å²) in [6, 6.07) is 11.8. The zero-order valence-corrected chi connectivity index (χ0v) is 15.7. The smallest absolute Gasteiger partial charge is 0.261 e. The number of carbonyl (C=O) groups is 2. The van der Waals surface area contributed by atoms with Crippen LogP contribution in [0.1, 0.15) is 40.1 Å². The van der Waals surface area contributed by atoms with E-state index in [0.29, 0.717) is 11.4 Å². The van der Waals surface area contributed by atoms with Crippen molar-refractivity contribution in [2.24, 2.45) is 0 Å². The number of likely N-dealkylation sites (tertiary alicyclic amines) is 1. The van der Waals surface area contributed by atoms with Gasteiger partial charge in [0, 0.05) is 13.1 Å². The molecule has 2 aromatic rings. The Labute approximate surface area is 158 Å². The molecule has 0 saturated carbocycles. The minimum atomic E-state index is -0.208. The van der Waals surface area contributed by atoms with E-state index >= 15 is 0 Å². The number of piperidine rings is 1. The molecule has 3 rings (SSSR count). The molecule has 2 heterocycles. The van der Waals surface area contributed by atoms with Gasteiger partial charge in [-0.15, -0.1) is 11.3 Å². The second-order valence-electron chi connectivity index (χ2n) is 6.54. The molecule has 6 heteroatoms. The van der Waals surface area contributed by atoms with Gasteiger partial charge in [0.2, 0.25) is 5.91 Å². The van der Waals surface area contributed by atoms with Crippen LogP contribution >= 0.6 is 11.3 Å². The fourth-order valence-corrected chi connectivity index (χ4v) is 3.79. The van der Waals surface area contributed by atoms with Crippen molar-refractivity contribution in [1.82, 2.24) is 15.5 Å². The van der Waals surface area contributed by atoms with Gasteiger partial charge in [0.25, 0.3) is 5.91 Å². The third-order valence-electron chi connectivity index (χ3n) is 4.59. The van der Waals surface area contributed by atoms with Crippen LogP contribution in [-0.4, -0.2) is 36.3 Å². The molecule has 138 valence electrons. The zero-order chi connectivity index (χ0) is 18.2. The highest BCUT2D eigenvalue weighted by atomic mass is 32.1. The van der Waals surface area contributed by atoms with Crippen molar-refractivity contribution in [1.29, 1.82) is 0 Å². The van der Waals surface area contributed by atoms with Gasteiger partial charge < -0.3 is 10.6 Å². The van der Waals surface area contributed by atoms with Crippen LogP contribution < -0.4 is 10.6 Å². The Morgan fingerprint density at radius 1 is 0.962 bits per heavy atom. The fourth-order valence-electron chi connectivity index (χ4n) is 3.15. The van der Waals surface area contributed by atoms with Crippen molar-refractivity contribution in [2.75, 3.05) is 19.6 Å². The molecule has 2 N–H and O–H groups in total. The molecule has 0 aliphatic carbocycles. The molecular weight excluding hydrogens is 346 g/mol. The molecule has 1 aromatic carbocycles. The van der Waals surface area contributed by atoms with Crippen LogP contribution in [0.3, 0.4) is 0 Å². The Morgan fingerprint density at radius 2 is 1.73 bits per heavy atom. The van der Waals surface area contributed by atoms with Crippen LogP contribution in [0.15, 0.2) is 41.8 Å². The summed E-state index contributed by atoms with van der Waals surface area (Å²) in [5.41, 5.74) is 2.40. The van der Waals surface area contributed by atoms with Crippen LogP contribution in [-0.2, 0) is 17.9 Å². The van der Waals surface area contributed by atoms with Crippen molar-refractivity contribution in [2.45, 2.75) is 32.4 Å². The van der Waals surface area contributed by atoms with Crippen molar-refractivity contribution in [3.05, 3.63) is 57.8 Å². The van der Waals surface area contributed by atoms with Gasteiger partial charge in [-0.1, -0.05) is 36.8 Å². The van der Waals surface area contributed by atoms with E-state index in [0.717, 1.165) is 25.2 Å². The highest BCUT2D eigenvalue weighted by Gasteiger charge is 2.13. The topological polar surface area (TPSA) is 61.4 Å². The molecule has 1 aromatic heterocycles. The lowest BCUT2D eigenvalue weighted by Gasteiger charge is -2.27. The highest BCUT2D eigenvalue weighted by molar-refractivity contribution is 7.12. The van der Waals surface area contributed by atoms with Crippen LogP contribution in [0.4, 0.5) is 0 Å². The summed E-state index contributed by atoms with van der Waals surface area (Å²) in [5, 5.41) is 7.40. The summed E-state index contributed by atoms with van der Waals surface area (Å²) < 4.78 is 0. The Balaban J connectivity index is 1.47. The van der Waals surface area contributed by atoms with Gasteiger partial charge in [0.1, 0.15) is 0 Å². The number of hydrogen-bond donors (Lipinski definition) is 2. The molecule has 2 amide bonds. The second kappa shape index (κ2) is 9.50. The summed E-state index contributed by atoms with van der Waals surface area (Å²) >= 11 is 1.36. The maximum Gasteiger partial charge on any atom is 0.261 e. The minimum absolute atomic E-state index is 0.00890. The molecular formula is C20H25N3O2S. The number of nitrogens with one attached hydrogen (secondary N) is 2. The maximum absolute atomic E-state index is 12.1. The summed E-state index contributed by atoms with van der Waals surface area (Å²) in [7, 11) is 0. The molecule has 5 nitrogen and oxygen atoms in total. The van der Waals surface area contributed by atoms with Gasteiger partial charge in [0.15, 0.2) is 0 Å². The van der Waals surface area contributed by atoms with Gasteiger partial charge in [-0.05, 0) is 48.5 Å². The third kappa shape index (κ3) is 5.41. The lowest BCUT2D eigenvalue weighted by atomic mass is 10.0. The van der Waals surface area contributed by atoms with E-state index < -0.39 is 0 Å². The van der Waals surface area contributed by atoms with E-state index in [2.05, 4.69) is 27.7 Å². The Hall–Kier alpha value is -2.18. The Kier molecular flexibility index (Phi) is 6.80. The van der Waals surface area contributed by atoms with Gasteiger partial charge in [0.05, 0.1) is 11.4 Å². The number of carbonyl (C=O) groups excluding carboxylic acids is 2. The summed E-state index contributed by atoms with van der Waals surface area (Å²) in [5.74, 6) is -0.386. The van der Waals surface area contributed by atoms with E-state index in [9.17, 15) is 9.59 Å². The van der Waals surface area contributed by atoms with Gasteiger partial charge in [-0.2, -0.15) is 0 Å². The molecule has 0 spiro atoms. The van der Waals surface area contributed by atoms with Crippen LogP contribution in [0.2, 0.25) is 0 Å². The molecule has 1 saturated heterocycles. The summed E-state index contributed by atoms with van der Waals surface area (Å²) in [6.07, 6.45) is 3.86. The van der Waals surface area contributed by atoms with Crippen molar-refractivity contribution in [3.63, 3.8) is 0 Å². The SMILES string of the molecule is O=C(CNC(=O)c1cccs1)NCc1ccccc1CN1CCCCC1. The van der Waals surface area contributed by atoms with Crippen LogP contribution in [0, 0.1) is 0 Å². The summed E-state index contributed by atoms with van der Waals surface area (Å²) in [4.78, 5) is 27.0. The van der Waals surface area contributed by atoms with E-state index in [-0.39, 0.29) is 18.4 Å². The average molecular weight is 372 g/mol. The van der Waals surface area contributed by atoms with Crippen molar-refractivity contribution >= 4 is 23.2 Å². The zero-order valence-electron chi connectivity index (χ0n) is 14.9. The van der Waals surface area contributed by atoms with E-state index in [1.54, 1.807) is 6.07 Å². The number of thiophene rings is 1. The third-order valence-corrected chi connectivity index (χ3v) is 5.46. The molecule has 0 atom stereocenters. The lowest BCUT2D eigenvalue weighted by molar-refractivity contribution is -0.120. The minimum Gasteiger partial charge on any atom is -0.350 e. The second-order valence-corrected chi connectivity index (χ2v) is 7.49. The normalized spacial score (nSPS) is 14.8. The first-order valence-corrected chi connectivity index (χ1v) is 9.98. The predicted molar refractivity (Wildman–Crippen MR) is 104 cm³/mol. The molecule has 1 fully saturated rings. The van der Waals surface area contributed by atoms with E-state index in [1.807, 2.05) is 23.6 Å².